The van der Waals surface area contributed by atoms with Crippen LogP contribution in [0.5, 0.6) is 0 Å². The lowest BCUT2D eigenvalue weighted by Gasteiger charge is -2.05. The third-order valence-electron chi connectivity index (χ3n) is 2.30. The van der Waals surface area contributed by atoms with Crippen LogP contribution in [0.25, 0.3) is 0 Å². The predicted molar refractivity (Wildman–Crippen MR) is 68.8 cm³/mol. The molecular formula is C12H12ClFN2S. The molecule has 2 aromatic rings. The molecule has 0 amide bonds. The second-order valence-corrected chi connectivity index (χ2v) is 5.17. The highest BCUT2D eigenvalue weighted by atomic mass is 35.5. The van der Waals surface area contributed by atoms with Crippen LogP contribution >= 0.6 is 22.9 Å². The SMILES string of the molecule is Cc1nc(CNCc2ccc(F)cc2Cl)cs1. The molecule has 2 nitrogen and oxygen atoms in total. The Balaban J connectivity index is 1.90. The van der Waals surface area contributed by atoms with Gasteiger partial charge in [-0.1, -0.05) is 17.7 Å². The van der Waals surface area contributed by atoms with E-state index in [0.717, 1.165) is 16.3 Å². The minimum atomic E-state index is -0.311. The number of aryl methyl sites for hydroxylation is 1. The van der Waals surface area contributed by atoms with Crippen molar-refractivity contribution in [1.82, 2.24) is 10.3 Å². The second kappa shape index (κ2) is 5.58. The molecule has 2 rings (SSSR count). The molecule has 0 fully saturated rings. The smallest absolute Gasteiger partial charge is 0.124 e. The van der Waals surface area contributed by atoms with Crippen LogP contribution in [0.2, 0.25) is 5.02 Å². The van der Waals surface area contributed by atoms with Gasteiger partial charge in [0, 0.05) is 23.5 Å². The van der Waals surface area contributed by atoms with E-state index >= 15 is 0 Å². The third-order valence-corrected chi connectivity index (χ3v) is 3.48. The summed E-state index contributed by atoms with van der Waals surface area (Å²) in [5.74, 6) is -0.311. The Kier molecular flexibility index (Phi) is 4.10. The Morgan fingerprint density at radius 1 is 1.41 bits per heavy atom. The summed E-state index contributed by atoms with van der Waals surface area (Å²) in [6.45, 7) is 3.28. The first-order chi connectivity index (χ1) is 8.15. The molecule has 0 radical (unpaired) electrons. The van der Waals surface area contributed by atoms with E-state index in [-0.39, 0.29) is 5.82 Å². The number of hydrogen-bond acceptors (Lipinski definition) is 3. The molecule has 1 aromatic carbocycles. The number of nitrogens with one attached hydrogen (secondary N) is 1. The largest absolute Gasteiger partial charge is 0.307 e. The minimum Gasteiger partial charge on any atom is -0.307 e. The monoisotopic (exact) mass is 270 g/mol. The fraction of sp³-hybridized carbons (Fsp3) is 0.250. The number of nitrogens with zero attached hydrogens (tertiary/aromatic N) is 1. The molecule has 0 spiro atoms. The number of aromatic nitrogens is 1. The van der Waals surface area contributed by atoms with Crippen molar-refractivity contribution in [3.05, 3.63) is 50.7 Å². The van der Waals surface area contributed by atoms with Crippen molar-refractivity contribution in [2.45, 2.75) is 20.0 Å². The van der Waals surface area contributed by atoms with Gasteiger partial charge in [-0.05, 0) is 24.6 Å². The number of thiazole rings is 1. The Morgan fingerprint density at radius 3 is 2.88 bits per heavy atom. The first-order valence-electron chi connectivity index (χ1n) is 5.21. The summed E-state index contributed by atoms with van der Waals surface area (Å²) in [4.78, 5) is 4.34. The molecule has 0 aliphatic carbocycles. The summed E-state index contributed by atoms with van der Waals surface area (Å²) in [6.07, 6.45) is 0. The highest BCUT2D eigenvalue weighted by Crippen LogP contribution is 2.17. The average Bonchev–Trinajstić information content (AvgIpc) is 2.68. The van der Waals surface area contributed by atoms with Gasteiger partial charge in [0.05, 0.1) is 10.7 Å². The maximum atomic E-state index is 12.8. The predicted octanol–water partition coefficient (Wildman–Crippen LogP) is 3.53. The molecule has 5 heteroatoms. The molecular weight excluding hydrogens is 259 g/mol. The fourth-order valence-corrected chi connectivity index (χ4v) is 2.33. The van der Waals surface area contributed by atoms with Gasteiger partial charge < -0.3 is 5.32 Å². The van der Waals surface area contributed by atoms with Crippen molar-refractivity contribution >= 4 is 22.9 Å². The maximum absolute atomic E-state index is 12.8. The van der Waals surface area contributed by atoms with E-state index in [2.05, 4.69) is 10.3 Å². The van der Waals surface area contributed by atoms with Crippen LogP contribution in [-0.2, 0) is 13.1 Å². The topological polar surface area (TPSA) is 24.9 Å². The molecule has 90 valence electrons. The molecule has 0 atom stereocenters. The molecule has 0 saturated heterocycles. The van der Waals surface area contributed by atoms with E-state index in [1.54, 1.807) is 17.4 Å². The van der Waals surface area contributed by atoms with Crippen LogP contribution < -0.4 is 5.32 Å². The van der Waals surface area contributed by atoms with Crippen molar-refractivity contribution in [2.75, 3.05) is 0 Å². The van der Waals surface area contributed by atoms with Gasteiger partial charge in [0.2, 0.25) is 0 Å². The van der Waals surface area contributed by atoms with Crippen molar-refractivity contribution in [1.29, 1.82) is 0 Å². The fourth-order valence-electron chi connectivity index (χ4n) is 1.48. The van der Waals surface area contributed by atoms with Gasteiger partial charge in [-0.25, -0.2) is 9.37 Å². The first-order valence-corrected chi connectivity index (χ1v) is 6.46. The zero-order valence-corrected chi connectivity index (χ0v) is 10.9. The van der Waals surface area contributed by atoms with Crippen LogP contribution in [0, 0.1) is 12.7 Å². The maximum Gasteiger partial charge on any atom is 0.124 e. The molecule has 1 heterocycles. The van der Waals surface area contributed by atoms with Crippen LogP contribution in [0.3, 0.4) is 0 Å². The first kappa shape index (κ1) is 12.5. The lowest BCUT2D eigenvalue weighted by atomic mass is 10.2. The average molecular weight is 271 g/mol. The number of hydrogen-bond donors (Lipinski definition) is 1. The van der Waals surface area contributed by atoms with Crippen LogP contribution in [-0.4, -0.2) is 4.98 Å². The number of benzene rings is 1. The van der Waals surface area contributed by atoms with Gasteiger partial charge >= 0.3 is 0 Å². The summed E-state index contributed by atoms with van der Waals surface area (Å²) in [5, 5.41) is 6.76. The van der Waals surface area contributed by atoms with E-state index in [4.69, 9.17) is 11.6 Å². The van der Waals surface area contributed by atoms with Gasteiger partial charge in [0.1, 0.15) is 5.82 Å². The van der Waals surface area contributed by atoms with Crippen LogP contribution in [0.15, 0.2) is 23.6 Å². The van der Waals surface area contributed by atoms with Crippen molar-refractivity contribution < 1.29 is 4.39 Å². The quantitative estimate of drug-likeness (QED) is 0.919. The molecule has 0 aliphatic heterocycles. The lowest BCUT2D eigenvalue weighted by molar-refractivity contribution is 0.624. The van der Waals surface area contributed by atoms with Gasteiger partial charge in [-0.3, -0.25) is 0 Å². The van der Waals surface area contributed by atoms with E-state index < -0.39 is 0 Å². The van der Waals surface area contributed by atoms with Gasteiger partial charge in [-0.15, -0.1) is 11.3 Å². The standard InChI is InChI=1S/C12H12ClFN2S/c1-8-16-11(7-17-8)6-15-5-9-2-3-10(14)4-12(9)13/h2-4,7,15H,5-6H2,1H3. The Morgan fingerprint density at radius 2 is 2.24 bits per heavy atom. The molecule has 1 N–H and O–H groups in total. The number of rotatable bonds is 4. The number of halogens is 2. The Hall–Kier alpha value is -0.970. The van der Waals surface area contributed by atoms with E-state index in [1.807, 2.05) is 12.3 Å². The van der Waals surface area contributed by atoms with Gasteiger partial charge in [0.25, 0.3) is 0 Å². The van der Waals surface area contributed by atoms with Gasteiger partial charge in [0.15, 0.2) is 0 Å². The van der Waals surface area contributed by atoms with E-state index in [1.165, 1.54) is 12.1 Å². The van der Waals surface area contributed by atoms with Crippen molar-refractivity contribution in [3.8, 4) is 0 Å². The normalized spacial score (nSPS) is 10.8. The Bertz CT molecular complexity index is 513. The van der Waals surface area contributed by atoms with E-state index in [9.17, 15) is 4.39 Å². The molecule has 0 bridgehead atoms. The Labute approximate surface area is 108 Å². The summed E-state index contributed by atoms with van der Waals surface area (Å²) < 4.78 is 12.8. The summed E-state index contributed by atoms with van der Waals surface area (Å²) in [5.41, 5.74) is 1.91. The van der Waals surface area contributed by atoms with Crippen molar-refractivity contribution in [3.63, 3.8) is 0 Å². The summed E-state index contributed by atoms with van der Waals surface area (Å²) >= 11 is 7.55. The summed E-state index contributed by atoms with van der Waals surface area (Å²) in [6, 6.07) is 4.43. The van der Waals surface area contributed by atoms with E-state index in [0.29, 0.717) is 18.1 Å². The zero-order valence-electron chi connectivity index (χ0n) is 9.34. The minimum absolute atomic E-state index is 0.311. The summed E-state index contributed by atoms with van der Waals surface area (Å²) in [7, 11) is 0. The molecule has 17 heavy (non-hydrogen) atoms. The molecule has 0 unspecified atom stereocenters. The zero-order chi connectivity index (χ0) is 12.3. The third kappa shape index (κ3) is 3.49. The van der Waals surface area contributed by atoms with Crippen molar-refractivity contribution in [2.24, 2.45) is 0 Å². The van der Waals surface area contributed by atoms with Gasteiger partial charge in [-0.2, -0.15) is 0 Å². The molecule has 0 aliphatic rings. The molecule has 1 aromatic heterocycles. The molecule has 0 saturated carbocycles. The van der Waals surface area contributed by atoms with Crippen LogP contribution in [0.4, 0.5) is 4.39 Å². The highest BCUT2D eigenvalue weighted by molar-refractivity contribution is 7.09. The lowest BCUT2D eigenvalue weighted by Crippen LogP contribution is -2.13. The van der Waals surface area contributed by atoms with Crippen LogP contribution in [0.1, 0.15) is 16.3 Å². The highest BCUT2D eigenvalue weighted by Gasteiger charge is 2.02. The second-order valence-electron chi connectivity index (χ2n) is 3.70.